The molecule has 0 aliphatic carbocycles. The van der Waals surface area contributed by atoms with Crippen LogP contribution in [0, 0.1) is 5.92 Å². The van der Waals surface area contributed by atoms with Gasteiger partial charge < -0.3 is 5.11 Å². The summed E-state index contributed by atoms with van der Waals surface area (Å²) in [5.74, 6) is 0.733. The highest BCUT2D eigenvalue weighted by molar-refractivity contribution is 7.00. The fourth-order valence-electron chi connectivity index (χ4n) is 3.43. The van der Waals surface area contributed by atoms with Gasteiger partial charge >= 0.3 is 0 Å². The molecule has 3 rings (SSSR count). The summed E-state index contributed by atoms with van der Waals surface area (Å²) in [5.41, 5.74) is 3.29. The van der Waals surface area contributed by atoms with Crippen molar-refractivity contribution in [1.82, 2.24) is 18.5 Å². The molecule has 1 aliphatic rings. The van der Waals surface area contributed by atoms with Crippen molar-refractivity contribution in [2.75, 3.05) is 32.8 Å². The smallest absolute Gasteiger partial charge is 0.105 e. The molecule has 1 aromatic carbocycles. The van der Waals surface area contributed by atoms with Crippen LogP contribution in [0.15, 0.2) is 18.2 Å². The van der Waals surface area contributed by atoms with Crippen molar-refractivity contribution < 1.29 is 5.11 Å². The lowest BCUT2D eigenvalue weighted by atomic mass is 10.0. The van der Waals surface area contributed by atoms with Crippen LogP contribution in [0.25, 0.3) is 11.0 Å². The Morgan fingerprint density at radius 3 is 2.88 bits per heavy atom. The first-order valence-electron chi connectivity index (χ1n) is 8.94. The van der Waals surface area contributed by atoms with Crippen molar-refractivity contribution in [3.05, 3.63) is 23.8 Å². The molecule has 0 saturated carbocycles. The van der Waals surface area contributed by atoms with Crippen molar-refractivity contribution >= 4 is 22.8 Å². The quantitative estimate of drug-likeness (QED) is 0.833. The molecule has 0 bridgehead atoms. The molecule has 0 radical (unpaired) electrons. The zero-order valence-corrected chi connectivity index (χ0v) is 15.5. The van der Waals surface area contributed by atoms with Crippen LogP contribution < -0.4 is 0 Å². The molecule has 1 aliphatic heterocycles. The zero-order valence-electron chi connectivity index (χ0n) is 14.7. The van der Waals surface area contributed by atoms with Gasteiger partial charge in [-0.15, -0.1) is 0 Å². The number of fused-ring (bicyclic) bond motifs is 1. The van der Waals surface area contributed by atoms with Crippen LogP contribution >= 0.6 is 11.7 Å². The molecule has 1 N–H and O–H groups in total. The average Bonchev–Trinajstić information content (AvgIpc) is 3.02. The number of aliphatic hydroxyl groups is 1. The monoisotopic (exact) mass is 348 g/mol. The minimum atomic E-state index is 0.271. The van der Waals surface area contributed by atoms with E-state index in [0.29, 0.717) is 6.04 Å². The topological polar surface area (TPSA) is 52.5 Å². The summed E-state index contributed by atoms with van der Waals surface area (Å²) in [6.45, 7) is 10.1. The summed E-state index contributed by atoms with van der Waals surface area (Å²) in [4.78, 5) is 5.08. The van der Waals surface area contributed by atoms with Gasteiger partial charge in [0.05, 0.1) is 11.7 Å². The van der Waals surface area contributed by atoms with Gasteiger partial charge in [-0.25, -0.2) is 0 Å². The predicted molar refractivity (Wildman–Crippen MR) is 99.2 cm³/mol. The fourth-order valence-corrected chi connectivity index (χ4v) is 3.94. The fraction of sp³-hybridized carbons (Fsp3) is 0.667. The Bertz CT molecular complexity index is 645. The molecule has 1 saturated heterocycles. The molecule has 5 nitrogen and oxygen atoms in total. The minimum Gasteiger partial charge on any atom is -0.396 e. The molecule has 2 heterocycles. The maximum atomic E-state index is 9.43. The van der Waals surface area contributed by atoms with Crippen molar-refractivity contribution in [3.8, 4) is 0 Å². The standard InChI is InChI=1S/C18H28N4OS/c1-14(2)5-7-22-9-8-21(13-16(22)6-10-23)12-15-3-4-17-18(11-15)20-24-19-17/h3-4,11,14,16,23H,5-10,12-13H2,1-2H3/t16-/m0/s1. The Labute approximate surface area is 148 Å². The third kappa shape index (κ3) is 4.51. The van der Waals surface area contributed by atoms with Gasteiger partial charge in [-0.2, -0.15) is 8.75 Å². The van der Waals surface area contributed by atoms with Crippen molar-refractivity contribution in [1.29, 1.82) is 0 Å². The number of benzene rings is 1. The lowest BCUT2D eigenvalue weighted by molar-refractivity contribution is 0.0524. The second kappa shape index (κ2) is 8.34. The second-order valence-corrected chi connectivity index (χ2v) is 7.74. The van der Waals surface area contributed by atoms with Gasteiger partial charge in [0.2, 0.25) is 0 Å². The number of aliphatic hydroxyl groups excluding tert-OH is 1. The highest BCUT2D eigenvalue weighted by atomic mass is 32.1. The van der Waals surface area contributed by atoms with Gasteiger partial charge in [0.15, 0.2) is 0 Å². The van der Waals surface area contributed by atoms with Crippen molar-refractivity contribution in [3.63, 3.8) is 0 Å². The third-order valence-corrected chi connectivity index (χ3v) is 5.43. The zero-order chi connectivity index (χ0) is 16.9. The summed E-state index contributed by atoms with van der Waals surface area (Å²) in [5, 5.41) is 9.43. The lowest BCUT2D eigenvalue weighted by Gasteiger charge is -2.41. The summed E-state index contributed by atoms with van der Waals surface area (Å²) >= 11 is 1.27. The maximum Gasteiger partial charge on any atom is 0.105 e. The van der Waals surface area contributed by atoms with Crippen molar-refractivity contribution in [2.45, 2.75) is 39.3 Å². The van der Waals surface area contributed by atoms with Crippen LogP contribution in [0.1, 0.15) is 32.3 Å². The van der Waals surface area contributed by atoms with Crippen LogP contribution in [-0.2, 0) is 6.54 Å². The van der Waals surface area contributed by atoms with E-state index in [0.717, 1.165) is 56.1 Å². The van der Waals surface area contributed by atoms with Gasteiger partial charge in [-0.3, -0.25) is 9.80 Å². The lowest BCUT2D eigenvalue weighted by Crippen LogP contribution is -2.53. The van der Waals surface area contributed by atoms with Crippen LogP contribution in [0.4, 0.5) is 0 Å². The van der Waals surface area contributed by atoms with E-state index in [1.807, 2.05) is 0 Å². The van der Waals surface area contributed by atoms with E-state index in [2.05, 4.69) is 50.6 Å². The third-order valence-electron chi connectivity index (χ3n) is 4.87. The predicted octanol–water partition coefficient (Wildman–Crippen LogP) is 2.61. The molecule has 1 aromatic heterocycles. The van der Waals surface area contributed by atoms with Crippen LogP contribution in [0.2, 0.25) is 0 Å². The Morgan fingerprint density at radius 2 is 2.08 bits per heavy atom. The SMILES string of the molecule is CC(C)CCN1CCN(Cc2ccc3nsnc3c2)C[C@@H]1CCO. The number of hydrogen-bond acceptors (Lipinski definition) is 6. The first kappa shape index (κ1) is 17.7. The average molecular weight is 349 g/mol. The second-order valence-electron chi connectivity index (χ2n) is 7.21. The summed E-state index contributed by atoms with van der Waals surface area (Å²) < 4.78 is 8.61. The van der Waals surface area contributed by atoms with E-state index < -0.39 is 0 Å². The molecule has 1 atom stereocenters. The molecular weight excluding hydrogens is 320 g/mol. The summed E-state index contributed by atoms with van der Waals surface area (Å²) in [7, 11) is 0. The maximum absolute atomic E-state index is 9.43. The van der Waals surface area contributed by atoms with Gasteiger partial charge in [-0.1, -0.05) is 19.9 Å². The number of hydrogen-bond donors (Lipinski definition) is 1. The number of rotatable bonds is 7. The normalized spacial score (nSPS) is 20.2. The molecular formula is C18H28N4OS. The highest BCUT2D eigenvalue weighted by Gasteiger charge is 2.26. The molecule has 2 aromatic rings. The van der Waals surface area contributed by atoms with Crippen molar-refractivity contribution in [2.24, 2.45) is 5.92 Å². The highest BCUT2D eigenvalue weighted by Crippen LogP contribution is 2.19. The van der Waals surface area contributed by atoms with E-state index in [1.54, 1.807) is 0 Å². The molecule has 132 valence electrons. The van der Waals surface area contributed by atoms with Gasteiger partial charge in [0.1, 0.15) is 11.0 Å². The van der Waals surface area contributed by atoms with Gasteiger partial charge in [0, 0.05) is 38.8 Å². The number of aromatic nitrogens is 2. The summed E-state index contributed by atoms with van der Waals surface area (Å²) in [6, 6.07) is 6.85. The van der Waals surface area contributed by atoms with E-state index >= 15 is 0 Å². The van der Waals surface area contributed by atoms with E-state index in [-0.39, 0.29) is 6.61 Å². The first-order chi connectivity index (χ1) is 11.7. The Kier molecular flexibility index (Phi) is 6.16. The van der Waals surface area contributed by atoms with Crippen LogP contribution in [0.3, 0.4) is 0 Å². The molecule has 1 fully saturated rings. The Morgan fingerprint density at radius 1 is 1.25 bits per heavy atom. The number of piperazine rings is 1. The van der Waals surface area contributed by atoms with E-state index in [1.165, 1.54) is 23.7 Å². The molecule has 0 spiro atoms. The van der Waals surface area contributed by atoms with Crippen LogP contribution in [0.5, 0.6) is 0 Å². The molecule has 0 amide bonds. The molecule has 6 heteroatoms. The molecule has 24 heavy (non-hydrogen) atoms. The molecule has 0 unspecified atom stereocenters. The summed E-state index contributed by atoms with van der Waals surface area (Å²) in [6.07, 6.45) is 2.10. The largest absolute Gasteiger partial charge is 0.396 e. The van der Waals surface area contributed by atoms with Gasteiger partial charge in [0.25, 0.3) is 0 Å². The Hall–Kier alpha value is -1.08. The first-order valence-corrected chi connectivity index (χ1v) is 9.67. The van der Waals surface area contributed by atoms with Gasteiger partial charge in [-0.05, 0) is 43.0 Å². The van der Waals surface area contributed by atoms with E-state index in [9.17, 15) is 5.11 Å². The van der Waals surface area contributed by atoms with E-state index in [4.69, 9.17) is 0 Å². The number of nitrogens with zero attached hydrogens (tertiary/aromatic N) is 4. The van der Waals surface area contributed by atoms with Crippen LogP contribution in [-0.4, -0.2) is 62.5 Å². The minimum absolute atomic E-state index is 0.271. The Balaban J connectivity index is 1.60.